The molecule has 2 heteroatoms. The minimum atomic E-state index is 0.294. The Morgan fingerprint density at radius 2 is 1.32 bits per heavy atom. The van der Waals surface area contributed by atoms with Gasteiger partial charge in [0.15, 0.2) is 0 Å². The first kappa shape index (κ1) is 19.4. The van der Waals surface area contributed by atoms with Gasteiger partial charge in [0, 0.05) is 5.56 Å². The maximum atomic E-state index is 9.86. The Balaban J connectivity index is 1.73. The van der Waals surface area contributed by atoms with E-state index in [1.807, 2.05) is 30.3 Å². The fourth-order valence-electron chi connectivity index (χ4n) is 3.09. The number of hydrogen-bond acceptors (Lipinski definition) is 2. The molecule has 0 heterocycles. The molecule has 0 aliphatic rings. The largest absolute Gasteiger partial charge is 0.508 e. The third kappa shape index (κ3) is 7.21. The number of benzene rings is 2. The predicted octanol–water partition coefficient (Wildman–Crippen LogP) is 6.65. The topological polar surface area (TPSA) is 29.5 Å². The van der Waals surface area contributed by atoms with Crippen molar-refractivity contribution in [3.8, 4) is 11.5 Å². The average molecular weight is 341 g/mol. The van der Waals surface area contributed by atoms with Gasteiger partial charge in [0.25, 0.3) is 0 Å². The summed E-state index contributed by atoms with van der Waals surface area (Å²) in [6, 6.07) is 15.6. The number of phenolic OH excluding ortho intramolecular Hbond substituents is 1. The van der Waals surface area contributed by atoms with Crippen LogP contribution in [0.3, 0.4) is 0 Å². The van der Waals surface area contributed by atoms with Gasteiger partial charge in [-0.05, 0) is 30.5 Å². The summed E-state index contributed by atoms with van der Waals surface area (Å²) < 4.78 is 5.97. The number of aryl methyl sites for hydroxylation is 1. The van der Waals surface area contributed by atoms with Crippen LogP contribution in [-0.2, 0) is 13.0 Å². The quantitative estimate of drug-likeness (QED) is 0.438. The molecule has 0 aromatic heterocycles. The van der Waals surface area contributed by atoms with Crippen LogP contribution in [0.5, 0.6) is 11.5 Å². The number of rotatable bonds is 12. The van der Waals surface area contributed by atoms with Crippen molar-refractivity contribution in [2.75, 3.05) is 0 Å². The zero-order chi connectivity index (χ0) is 17.7. The molecule has 2 nitrogen and oxygen atoms in total. The van der Waals surface area contributed by atoms with Gasteiger partial charge in [-0.15, -0.1) is 0 Å². The minimum absolute atomic E-state index is 0.294. The van der Waals surface area contributed by atoms with Crippen molar-refractivity contribution in [3.63, 3.8) is 0 Å². The molecular weight excluding hydrogens is 308 g/mol. The molecule has 0 unspecified atom stereocenters. The lowest BCUT2D eigenvalue weighted by molar-refractivity contribution is 0.296. The molecule has 0 amide bonds. The van der Waals surface area contributed by atoms with E-state index >= 15 is 0 Å². The monoisotopic (exact) mass is 340 g/mol. The normalized spacial score (nSPS) is 10.8. The number of hydrogen-bond donors (Lipinski definition) is 1. The summed E-state index contributed by atoms with van der Waals surface area (Å²) in [5.74, 6) is 1.23. The van der Waals surface area contributed by atoms with Crippen LogP contribution in [-0.4, -0.2) is 5.11 Å². The highest BCUT2D eigenvalue weighted by atomic mass is 16.5. The molecule has 136 valence electrons. The van der Waals surface area contributed by atoms with Crippen LogP contribution in [0.25, 0.3) is 0 Å². The van der Waals surface area contributed by atoms with Crippen molar-refractivity contribution < 1.29 is 9.84 Å². The summed E-state index contributed by atoms with van der Waals surface area (Å²) in [5, 5.41) is 9.86. The molecule has 1 N–H and O–H groups in total. The van der Waals surface area contributed by atoms with Crippen molar-refractivity contribution >= 4 is 0 Å². The lowest BCUT2D eigenvalue weighted by Crippen LogP contribution is -1.99. The van der Waals surface area contributed by atoms with Crippen LogP contribution >= 0.6 is 0 Å². The number of aromatic hydroxyl groups is 1. The summed E-state index contributed by atoms with van der Waals surface area (Å²) in [4.78, 5) is 0. The maximum absolute atomic E-state index is 9.86. The first-order valence-electron chi connectivity index (χ1n) is 9.79. The molecule has 2 rings (SSSR count). The van der Waals surface area contributed by atoms with Crippen LogP contribution in [0, 0.1) is 0 Å². The smallest absolute Gasteiger partial charge is 0.123 e. The lowest BCUT2D eigenvalue weighted by atomic mass is 10.0. The Morgan fingerprint density at radius 1 is 0.720 bits per heavy atom. The van der Waals surface area contributed by atoms with Gasteiger partial charge >= 0.3 is 0 Å². The van der Waals surface area contributed by atoms with Gasteiger partial charge in [0.1, 0.15) is 18.1 Å². The van der Waals surface area contributed by atoms with Crippen LogP contribution in [0.1, 0.15) is 69.4 Å². The summed E-state index contributed by atoms with van der Waals surface area (Å²) in [6.45, 7) is 2.67. The van der Waals surface area contributed by atoms with Crippen LogP contribution in [0.4, 0.5) is 0 Å². The van der Waals surface area contributed by atoms with Crippen molar-refractivity contribution in [1.29, 1.82) is 0 Å². The first-order valence-corrected chi connectivity index (χ1v) is 9.79. The van der Waals surface area contributed by atoms with Gasteiger partial charge in [-0.3, -0.25) is 0 Å². The van der Waals surface area contributed by atoms with E-state index in [2.05, 4.69) is 19.1 Å². The summed E-state index contributed by atoms with van der Waals surface area (Å²) in [5.41, 5.74) is 2.09. The summed E-state index contributed by atoms with van der Waals surface area (Å²) in [6.07, 6.45) is 11.7. The molecule has 0 atom stereocenters. The minimum Gasteiger partial charge on any atom is -0.508 e. The van der Waals surface area contributed by atoms with E-state index in [0.29, 0.717) is 12.4 Å². The average Bonchev–Trinajstić information content (AvgIpc) is 2.64. The molecule has 0 saturated heterocycles. The molecule has 0 radical (unpaired) electrons. The van der Waals surface area contributed by atoms with Crippen LogP contribution < -0.4 is 4.74 Å². The zero-order valence-electron chi connectivity index (χ0n) is 15.5. The van der Waals surface area contributed by atoms with E-state index < -0.39 is 0 Å². The molecule has 0 aliphatic carbocycles. The SMILES string of the molecule is CCCCCCCCCCc1ccccc1OCc1ccccc1O. The second-order valence-electron chi connectivity index (χ2n) is 6.75. The van der Waals surface area contributed by atoms with Gasteiger partial charge in [-0.2, -0.15) is 0 Å². The Bertz CT molecular complexity index is 607. The molecule has 2 aromatic rings. The van der Waals surface area contributed by atoms with Gasteiger partial charge in [0.05, 0.1) is 0 Å². The van der Waals surface area contributed by atoms with E-state index in [1.165, 1.54) is 56.9 Å². The third-order valence-corrected chi connectivity index (χ3v) is 4.65. The van der Waals surface area contributed by atoms with Crippen molar-refractivity contribution in [1.82, 2.24) is 0 Å². The number of ether oxygens (including phenoxy) is 1. The first-order chi connectivity index (χ1) is 12.3. The van der Waals surface area contributed by atoms with Crippen LogP contribution in [0.15, 0.2) is 48.5 Å². The van der Waals surface area contributed by atoms with Crippen molar-refractivity contribution in [2.45, 2.75) is 71.3 Å². The molecule has 0 spiro atoms. The van der Waals surface area contributed by atoms with Crippen LogP contribution in [0.2, 0.25) is 0 Å². The molecular formula is C23H32O2. The van der Waals surface area contributed by atoms with E-state index in [0.717, 1.165) is 17.7 Å². The Kier molecular flexibility index (Phi) is 8.96. The van der Waals surface area contributed by atoms with Gasteiger partial charge < -0.3 is 9.84 Å². The van der Waals surface area contributed by atoms with Gasteiger partial charge in [-0.1, -0.05) is 88.3 Å². The number of unbranched alkanes of at least 4 members (excludes halogenated alkanes) is 7. The Labute approximate surface area is 152 Å². The highest BCUT2D eigenvalue weighted by molar-refractivity contribution is 5.35. The van der Waals surface area contributed by atoms with E-state index in [4.69, 9.17) is 4.74 Å². The summed E-state index contributed by atoms with van der Waals surface area (Å²) in [7, 11) is 0. The highest BCUT2D eigenvalue weighted by Gasteiger charge is 2.05. The maximum Gasteiger partial charge on any atom is 0.123 e. The molecule has 0 aliphatic heterocycles. The Morgan fingerprint density at radius 3 is 2.04 bits per heavy atom. The number of para-hydroxylation sites is 2. The predicted molar refractivity (Wildman–Crippen MR) is 105 cm³/mol. The standard InChI is InChI=1S/C23H32O2/c1-2-3-4-5-6-7-8-9-14-20-15-11-13-18-23(20)25-19-21-16-10-12-17-22(21)24/h10-13,15-18,24H,2-9,14,19H2,1H3. The lowest BCUT2D eigenvalue weighted by Gasteiger charge is -2.12. The van der Waals surface area contributed by atoms with Gasteiger partial charge in [0.2, 0.25) is 0 Å². The van der Waals surface area contributed by atoms with E-state index in [1.54, 1.807) is 6.07 Å². The third-order valence-electron chi connectivity index (χ3n) is 4.65. The number of phenols is 1. The molecule has 0 saturated carbocycles. The fraction of sp³-hybridized carbons (Fsp3) is 0.478. The summed E-state index contributed by atoms with van der Waals surface area (Å²) >= 11 is 0. The molecule has 0 fully saturated rings. The second kappa shape index (κ2) is 11.6. The molecule has 25 heavy (non-hydrogen) atoms. The van der Waals surface area contributed by atoms with Crippen molar-refractivity contribution in [3.05, 3.63) is 59.7 Å². The fourth-order valence-corrected chi connectivity index (χ4v) is 3.09. The van der Waals surface area contributed by atoms with Crippen molar-refractivity contribution in [2.24, 2.45) is 0 Å². The zero-order valence-corrected chi connectivity index (χ0v) is 15.5. The second-order valence-corrected chi connectivity index (χ2v) is 6.75. The molecule has 2 aromatic carbocycles. The van der Waals surface area contributed by atoms with Gasteiger partial charge in [-0.25, -0.2) is 0 Å². The molecule has 0 bridgehead atoms. The Hall–Kier alpha value is -1.96. The van der Waals surface area contributed by atoms with E-state index in [-0.39, 0.29) is 0 Å². The van der Waals surface area contributed by atoms with E-state index in [9.17, 15) is 5.11 Å². The highest BCUT2D eigenvalue weighted by Crippen LogP contribution is 2.24.